The van der Waals surface area contributed by atoms with Crippen LogP contribution < -0.4 is 10.2 Å². The molecule has 0 saturated carbocycles. The quantitative estimate of drug-likeness (QED) is 0.707. The van der Waals surface area contributed by atoms with Gasteiger partial charge in [-0.15, -0.1) is 0 Å². The maximum Gasteiger partial charge on any atom is 0.226 e. The molecule has 7 heteroatoms. The van der Waals surface area contributed by atoms with Crippen molar-refractivity contribution in [1.82, 2.24) is 4.98 Å². The summed E-state index contributed by atoms with van der Waals surface area (Å²) in [5.74, 6) is -1.05. The van der Waals surface area contributed by atoms with Gasteiger partial charge in [0.15, 0.2) is 0 Å². The molecule has 0 spiro atoms. The van der Waals surface area contributed by atoms with Crippen molar-refractivity contribution < 1.29 is 14.0 Å². The van der Waals surface area contributed by atoms with E-state index in [2.05, 4.69) is 10.3 Å². The van der Waals surface area contributed by atoms with Crippen LogP contribution in [0, 0.1) is 5.82 Å². The minimum atomic E-state index is -0.555. The van der Waals surface area contributed by atoms with Gasteiger partial charge in [-0.2, -0.15) is 0 Å². The Kier molecular flexibility index (Phi) is 5.66. The molecular weight excluding hydrogens is 369 g/mol. The second kappa shape index (κ2) is 8.14. The molecule has 1 N–H and O–H groups in total. The Balaban J connectivity index is 1.74. The average Bonchev–Trinajstić information content (AvgIpc) is 2.65. The number of carbonyl (C=O) groups is 2. The van der Waals surface area contributed by atoms with Crippen molar-refractivity contribution in [1.29, 1.82) is 0 Å². The number of nitrogens with one attached hydrogen (secondary N) is 1. The second-order valence-corrected chi connectivity index (χ2v) is 6.36. The zero-order chi connectivity index (χ0) is 19.4. The van der Waals surface area contributed by atoms with Crippen LogP contribution >= 0.6 is 11.6 Å². The van der Waals surface area contributed by atoms with Crippen molar-refractivity contribution in [2.24, 2.45) is 0 Å². The van der Waals surface area contributed by atoms with Crippen molar-refractivity contribution in [2.75, 3.05) is 16.8 Å². The van der Waals surface area contributed by atoms with Crippen LogP contribution in [0.2, 0.25) is 5.02 Å². The zero-order valence-electron chi connectivity index (χ0n) is 14.6. The standard InChI is InChI=1S/C20H17ClFN3O2/c1-13(26)25(18-6-2-4-14-5-3-10-23-20(14)18)11-9-19(27)24-15-7-8-17(22)16(21)12-15/h2-8,10,12H,9,11H2,1H3,(H,24,27). The van der Waals surface area contributed by atoms with Gasteiger partial charge in [-0.25, -0.2) is 4.39 Å². The molecule has 138 valence electrons. The molecule has 0 unspecified atom stereocenters. The highest BCUT2D eigenvalue weighted by Crippen LogP contribution is 2.25. The molecule has 2 aromatic carbocycles. The van der Waals surface area contributed by atoms with Crippen molar-refractivity contribution >= 4 is 45.7 Å². The molecule has 2 amide bonds. The van der Waals surface area contributed by atoms with Crippen molar-refractivity contribution in [3.63, 3.8) is 0 Å². The van der Waals surface area contributed by atoms with E-state index >= 15 is 0 Å². The van der Waals surface area contributed by atoms with E-state index < -0.39 is 5.82 Å². The van der Waals surface area contributed by atoms with Crippen LogP contribution in [0.25, 0.3) is 10.9 Å². The summed E-state index contributed by atoms with van der Waals surface area (Å²) in [4.78, 5) is 30.3. The summed E-state index contributed by atoms with van der Waals surface area (Å²) < 4.78 is 13.2. The second-order valence-electron chi connectivity index (χ2n) is 5.95. The SMILES string of the molecule is CC(=O)N(CCC(=O)Nc1ccc(F)c(Cl)c1)c1cccc2cccnc12. The number of pyridine rings is 1. The summed E-state index contributed by atoms with van der Waals surface area (Å²) in [5, 5.41) is 3.49. The smallest absolute Gasteiger partial charge is 0.226 e. The van der Waals surface area contributed by atoms with Crippen LogP contribution in [0.5, 0.6) is 0 Å². The molecule has 3 rings (SSSR count). The number of anilines is 2. The lowest BCUT2D eigenvalue weighted by Crippen LogP contribution is -2.32. The fourth-order valence-electron chi connectivity index (χ4n) is 2.76. The maximum atomic E-state index is 13.2. The van der Waals surface area contributed by atoms with Gasteiger partial charge >= 0.3 is 0 Å². The third-order valence-electron chi connectivity index (χ3n) is 4.05. The van der Waals surface area contributed by atoms with Crippen LogP contribution in [0.3, 0.4) is 0 Å². The Hall–Kier alpha value is -2.99. The van der Waals surface area contributed by atoms with Crippen LogP contribution in [-0.2, 0) is 9.59 Å². The third-order valence-corrected chi connectivity index (χ3v) is 4.34. The van der Waals surface area contributed by atoms with E-state index in [1.807, 2.05) is 24.3 Å². The summed E-state index contributed by atoms with van der Waals surface area (Å²) in [5.41, 5.74) is 1.74. The molecular formula is C20H17ClFN3O2. The fourth-order valence-corrected chi connectivity index (χ4v) is 2.94. The third kappa shape index (κ3) is 4.41. The Morgan fingerprint density at radius 1 is 1.19 bits per heavy atom. The lowest BCUT2D eigenvalue weighted by Gasteiger charge is -2.22. The highest BCUT2D eigenvalue weighted by molar-refractivity contribution is 6.31. The fraction of sp³-hybridized carbons (Fsp3) is 0.150. The first kappa shape index (κ1) is 18.8. The van der Waals surface area contributed by atoms with Gasteiger partial charge in [0.1, 0.15) is 5.82 Å². The number of fused-ring (bicyclic) bond motifs is 1. The Morgan fingerprint density at radius 2 is 1.96 bits per heavy atom. The summed E-state index contributed by atoms with van der Waals surface area (Å²) in [6.45, 7) is 1.63. The van der Waals surface area contributed by atoms with E-state index in [0.29, 0.717) is 16.9 Å². The number of halogens is 2. The molecule has 0 bridgehead atoms. The highest BCUT2D eigenvalue weighted by Gasteiger charge is 2.16. The van der Waals surface area contributed by atoms with E-state index in [1.165, 1.54) is 30.0 Å². The number of hydrogen-bond acceptors (Lipinski definition) is 3. The summed E-state index contributed by atoms with van der Waals surface area (Å²) in [6, 6.07) is 13.2. The summed E-state index contributed by atoms with van der Waals surface area (Å²) >= 11 is 5.72. The number of nitrogens with zero attached hydrogens (tertiary/aromatic N) is 2. The van der Waals surface area contributed by atoms with Crippen molar-refractivity contribution in [3.8, 4) is 0 Å². The van der Waals surface area contributed by atoms with Gasteiger partial charge in [-0.05, 0) is 30.3 Å². The van der Waals surface area contributed by atoms with Crippen molar-refractivity contribution in [3.05, 3.63) is 65.6 Å². The number of amides is 2. The van der Waals surface area contributed by atoms with Gasteiger partial charge in [-0.1, -0.05) is 29.8 Å². The van der Waals surface area contributed by atoms with Crippen LogP contribution in [0.4, 0.5) is 15.8 Å². The molecule has 1 aromatic heterocycles. The summed E-state index contributed by atoms with van der Waals surface area (Å²) in [6.07, 6.45) is 1.73. The molecule has 0 aliphatic heterocycles. The lowest BCUT2D eigenvalue weighted by molar-refractivity contribution is -0.117. The predicted molar refractivity (Wildman–Crippen MR) is 104 cm³/mol. The average molecular weight is 386 g/mol. The number of para-hydroxylation sites is 1. The lowest BCUT2D eigenvalue weighted by atomic mass is 10.1. The van der Waals surface area contributed by atoms with Gasteiger partial charge in [0, 0.05) is 37.2 Å². The van der Waals surface area contributed by atoms with Gasteiger partial charge in [0.05, 0.1) is 16.2 Å². The Labute approximate surface area is 160 Å². The molecule has 1 heterocycles. The summed E-state index contributed by atoms with van der Waals surface area (Å²) in [7, 11) is 0. The largest absolute Gasteiger partial charge is 0.326 e. The van der Waals surface area contributed by atoms with E-state index in [1.54, 1.807) is 12.3 Å². The van der Waals surface area contributed by atoms with Gasteiger partial charge < -0.3 is 10.2 Å². The van der Waals surface area contributed by atoms with E-state index in [-0.39, 0.29) is 29.8 Å². The first-order valence-corrected chi connectivity index (χ1v) is 8.70. The number of rotatable bonds is 5. The van der Waals surface area contributed by atoms with Gasteiger partial charge in [0.25, 0.3) is 0 Å². The number of hydrogen-bond donors (Lipinski definition) is 1. The van der Waals surface area contributed by atoms with Crippen molar-refractivity contribution in [2.45, 2.75) is 13.3 Å². The van der Waals surface area contributed by atoms with Crippen LogP contribution in [-0.4, -0.2) is 23.3 Å². The molecule has 0 aliphatic rings. The normalized spacial score (nSPS) is 10.6. The number of benzene rings is 2. The molecule has 5 nitrogen and oxygen atoms in total. The van der Waals surface area contributed by atoms with Crippen LogP contribution in [0.15, 0.2) is 54.7 Å². The van der Waals surface area contributed by atoms with Gasteiger partial charge in [0.2, 0.25) is 11.8 Å². The molecule has 3 aromatic rings. The molecule has 0 atom stereocenters. The molecule has 0 saturated heterocycles. The van der Waals surface area contributed by atoms with E-state index in [4.69, 9.17) is 11.6 Å². The van der Waals surface area contributed by atoms with Gasteiger partial charge in [-0.3, -0.25) is 14.6 Å². The topological polar surface area (TPSA) is 62.3 Å². The number of carbonyl (C=O) groups excluding carboxylic acids is 2. The predicted octanol–water partition coefficient (Wildman–Crippen LogP) is 4.41. The van der Waals surface area contributed by atoms with E-state index in [0.717, 1.165) is 5.39 Å². The molecule has 0 aliphatic carbocycles. The first-order valence-electron chi connectivity index (χ1n) is 8.32. The molecule has 0 fully saturated rings. The first-order chi connectivity index (χ1) is 13.0. The number of aromatic nitrogens is 1. The minimum Gasteiger partial charge on any atom is -0.326 e. The van der Waals surface area contributed by atoms with Crippen LogP contribution in [0.1, 0.15) is 13.3 Å². The Bertz CT molecular complexity index is 1000. The monoisotopic (exact) mass is 385 g/mol. The Morgan fingerprint density at radius 3 is 2.70 bits per heavy atom. The zero-order valence-corrected chi connectivity index (χ0v) is 15.3. The molecule has 27 heavy (non-hydrogen) atoms. The molecule has 0 radical (unpaired) electrons. The highest BCUT2D eigenvalue weighted by atomic mass is 35.5. The maximum absolute atomic E-state index is 13.2. The minimum absolute atomic E-state index is 0.0673. The van der Waals surface area contributed by atoms with E-state index in [9.17, 15) is 14.0 Å².